The lowest BCUT2D eigenvalue weighted by Crippen LogP contribution is -2.43. The zero-order valence-corrected chi connectivity index (χ0v) is 16.9. The average molecular weight is 389 g/mol. The highest BCUT2D eigenvalue weighted by Crippen LogP contribution is 2.33. The summed E-state index contributed by atoms with van der Waals surface area (Å²) >= 11 is 1.88. The van der Waals surface area contributed by atoms with Crippen LogP contribution in [0.1, 0.15) is 21.9 Å². The lowest BCUT2D eigenvalue weighted by Gasteiger charge is -2.31. The summed E-state index contributed by atoms with van der Waals surface area (Å²) in [4.78, 5) is 5.27. The topological polar surface area (TPSA) is 59.5 Å². The van der Waals surface area contributed by atoms with Gasteiger partial charge in [0.25, 0.3) is 0 Å². The van der Waals surface area contributed by atoms with Crippen LogP contribution >= 0.6 is 11.3 Å². The lowest BCUT2D eigenvalue weighted by atomic mass is 9.94. The molecule has 0 aromatic carbocycles. The maximum atomic E-state index is 6.32. The average Bonchev–Trinajstić information content (AvgIpc) is 3.18. The van der Waals surface area contributed by atoms with Crippen molar-refractivity contribution in [3.05, 3.63) is 39.7 Å². The lowest BCUT2D eigenvalue weighted by molar-refractivity contribution is -0.0561. The minimum Gasteiger partial charge on any atom is -0.377 e. The van der Waals surface area contributed by atoms with Crippen molar-refractivity contribution < 1.29 is 9.47 Å². The molecule has 2 aromatic heterocycles. The molecule has 2 aromatic rings. The van der Waals surface area contributed by atoms with Crippen molar-refractivity contribution in [2.75, 3.05) is 44.8 Å². The molecule has 1 N–H and O–H groups in total. The van der Waals surface area contributed by atoms with E-state index in [9.17, 15) is 0 Å². The molecule has 4 heterocycles. The van der Waals surface area contributed by atoms with Crippen LogP contribution in [0.2, 0.25) is 0 Å². The van der Waals surface area contributed by atoms with E-state index in [1.807, 2.05) is 30.4 Å². The van der Waals surface area contributed by atoms with E-state index >= 15 is 0 Å². The van der Waals surface area contributed by atoms with E-state index in [2.05, 4.69) is 39.5 Å². The van der Waals surface area contributed by atoms with Gasteiger partial charge >= 0.3 is 0 Å². The molecular formula is C20H28N4O2S. The Morgan fingerprint density at radius 1 is 1.26 bits per heavy atom. The molecule has 4 rings (SSSR count). The van der Waals surface area contributed by atoms with Crippen LogP contribution in [-0.2, 0) is 16.0 Å². The minimum atomic E-state index is -0.186. The number of thiophene rings is 1. The van der Waals surface area contributed by atoms with Crippen molar-refractivity contribution in [3.8, 4) is 0 Å². The number of nitrogens with zero attached hydrogens (tertiary/aromatic N) is 3. The third kappa shape index (κ3) is 4.85. The Labute approximate surface area is 164 Å². The van der Waals surface area contributed by atoms with E-state index in [1.165, 1.54) is 9.75 Å². The molecule has 2 atom stereocenters. The number of rotatable bonds is 5. The Morgan fingerprint density at radius 3 is 2.96 bits per heavy atom. The first-order chi connectivity index (χ1) is 13.1. The molecule has 0 bridgehead atoms. The summed E-state index contributed by atoms with van der Waals surface area (Å²) in [6.45, 7) is 10.1. The molecule has 6 nitrogen and oxygen atoms in total. The molecule has 27 heavy (non-hydrogen) atoms. The number of nitrogens with one attached hydrogen (secondary N) is 1. The second-order valence-corrected chi connectivity index (χ2v) is 9.15. The molecule has 2 aliphatic heterocycles. The number of hydrogen-bond donors (Lipinski definition) is 1. The van der Waals surface area contributed by atoms with Gasteiger partial charge in [0.2, 0.25) is 0 Å². The summed E-state index contributed by atoms with van der Waals surface area (Å²) in [5.74, 6) is 1.29. The van der Waals surface area contributed by atoms with Gasteiger partial charge in [0.15, 0.2) is 0 Å². The molecule has 2 fully saturated rings. The first-order valence-electron chi connectivity index (χ1n) is 9.64. The van der Waals surface area contributed by atoms with E-state index in [-0.39, 0.29) is 5.60 Å². The van der Waals surface area contributed by atoms with E-state index in [0.717, 1.165) is 57.3 Å². The zero-order chi connectivity index (χ0) is 18.7. The Balaban J connectivity index is 1.33. The van der Waals surface area contributed by atoms with Gasteiger partial charge in [0.05, 0.1) is 25.5 Å². The van der Waals surface area contributed by atoms with Crippen molar-refractivity contribution in [2.24, 2.45) is 5.92 Å². The largest absolute Gasteiger partial charge is 0.377 e. The van der Waals surface area contributed by atoms with Crippen molar-refractivity contribution in [1.29, 1.82) is 0 Å². The van der Waals surface area contributed by atoms with Crippen LogP contribution in [0.4, 0.5) is 5.82 Å². The quantitative estimate of drug-likeness (QED) is 0.850. The van der Waals surface area contributed by atoms with E-state index in [0.29, 0.717) is 12.5 Å². The van der Waals surface area contributed by atoms with Gasteiger partial charge in [-0.1, -0.05) is 0 Å². The van der Waals surface area contributed by atoms with Crippen LogP contribution in [0.5, 0.6) is 0 Å². The number of aryl methyl sites for hydroxylation is 2. The predicted octanol–water partition coefficient (Wildman–Crippen LogP) is 2.87. The molecule has 0 amide bonds. The molecule has 2 saturated heterocycles. The number of anilines is 1. The standard InChI is InChI=1S/C20H28N4O2S/c1-15-3-6-19(23-22-15)21-10-17-9-20(26-12-17)13-24(7-8-25-14-20)11-18-5-4-16(2)27-18/h3-6,17H,7-14H2,1-2H3,(H,21,23)/t17-,20-/m1/s1. The third-order valence-electron chi connectivity index (χ3n) is 5.26. The first-order valence-corrected chi connectivity index (χ1v) is 10.5. The Kier molecular flexibility index (Phi) is 5.73. The molecule has 1 spiro atoms. The summed E-state index contributed by atoms with van der Waals surface area (Å²) < 4.78 is 12.2. The molecule has 2 aliphatic rings. The SMILES string of the molecule is Cc1ccc(NC[C@@H]2CO[C@]3(COCCN(Cc4ccc(C)s4)C3)C2)nn1. The zero-order valence-electron chi connectivity index (χ0n) is 16.1. The minimum absolute atomic E-state index is 0.186. The summed E-state index contributed by atoms with van der Waals surface area (Å²) in [6, 6.07) is 8.40. The maximum absolute atomic E-state index is 6.32. The highest BCUT2D eigenvalue weighted by atomic mass is 32.1. The Morgan fingerprint density at radius 2 is 2.19 bits per heavy atom. The summed E-state index contributed by atoms with van der Waals surface area (Å²) in [5, 5.41) is 11.7. The van der Waals surface area contributed by atoms with Crippen molar-refractivity contribution in [1.82, 2.24) is 15.1 Å². The van der Waals surface area contributed by atoms with Crippen LogP contribution in [0.25, 0.3) is 0 Å². The van der Waals surface area contributed by atoms with Crippen LogP contribution < -0.4 is 5.32 Å². The molecular weight excluding hydrogens is 360 g/mol. The first kappa shape index (κ1) is 18.8. The predicted molar refractivity (Wildman–Crippen MR) is 107 cm³/mol. The monoisotopic (exact) mass is 388 g/mol. The fourth-order valence-electron chi connectivity index (χ4n) is 3.93. The molecule has 146 valence electrons. The summed E-state index contributed by atoms with van der Waals surface area (Å²) in [6.07, 6.45) is 1.01. The smallest absolute Gasteiger partial charge is 0.148 e. The van der Waals surface area contributed by atoms with Gasteiger partial charge in [0.1, 0.15) is 11.4 Å². The van der Waals surface area contributed by atoms with Crippen molar-refractivity contribution in [2.45, 2.75) is 32.4 Å². The fourth-order valence-corrected chi connectivity index (χ4v) is 4.86. The number of aromatic nitrogens is 2. The van der Waals surface area contributed by atoms with Crippen LogP contribution in [0.15, 0.2) is 24.3 Å². The van der Waals surface area contributed by atoms with Gasteiger partial charge < -0.3 is 14.8 Å². The van der Waals surface area contributed by atoms with E-state index < -0.39 is 0 Å². The summed E-state index contributed by atoms with van der Waals surface area (Å²) in [5.41, 5.74) is 0.744. The Bertz CT molecular complexity index is 751. The molecule has 0 unspecified atom stereocenters. The fraction of sp³-hybridized carbons (Fsp3) is 0.600. The second-order valence-electron chi connectivity index (χ2n) is 7.78. The summed E-state index contributed by atoms with van der Waals surface area (Å²) in [7, 11) is 0. The molecule has 0 saturated carbocycles. The number of ether oxygens (including phenoxy) is 2. The Hall–Kier alpha value is -1.54. The normalized spacial score (nSPS) is 26.4. The van der Waals surface area contributed by atoms with Gasteiger partial charge in [0, 0.05) is 41.9 Å². The van der Waals surface area contributed by atoms with Gasteiger partial charge in [-0.25, -0.2) is 0 Å². The van der Waals surface area contributed by atoms with Crippen LogP contribution in [0.3, 0.4) is 0 Å². The van der Waals surface area contributed by atoms with Gasteiger partial charge in [-0.05, 0) is 44.5 Å². The van der Waals surface area contributed by atoms with Crippen LogP contribution in [-0.4, -0.2) is 60.2 Å². The number of hydrogen-bond acceptors (Lipinski definition) is 7. The maximum Gasteiger partial charge on any atom is 0.148 e. The van der Waals surface area contributed by atoms with E-state index in [4.69, 9.17) is 9.47 Å². The van der Waals surface area contributed by atoms with Crippen LogP contribution in [0, 0.1) is 19.8 Å². The van der Waals surface area contributed by atoms with Gasteiger partial charge in [-0.15, -0.1) is 16.4 Å². The third-order valence-corrected chi connectivity index (χ3v) is 6.25. The molecule has 0 aliphatic carbocycles. The van der Waals surface area contributed by atoms with E-state index in [1.54, 1.807) is 0 Å². The van der Waals surface area contributed by atoms with Gasteiger partial charge in [-0.2, -0.15) is 5.10 Å². The molecule has 7 heteroatoms. The van der Waals surface area contributed by atoms with Gasteiger partial charge in [-0.3, -0.25) is 4.90 Å². The van der Waals surface area contributed by atoms with Crippen molar-refractivity contribution in [3.63, 3.8) is 0 Å². The molecule has 0 radical (unpaired) electrons. The van der Waals surface area contributed by atoms with Crippen molar-refractivity contribution >= 4 is 17.2 Å². The highest BCUT2D eigenvalue weighted by Gasteiger charge is 2.43. The highest BCUT2D eigenvalue weighted by molar-refractivity contribution is 7.11. The second kappa shape index (κ2) is 8.22.